The molecule has 20 heavy (non-hydrogen) atoms. The molecule has 3 rings (SSSR count). The standard InChI is InChI=1S/C17H18N2S/c1-12-7-3-5-9-15(12)18-17(20)19-13(2)11-14-8-4-6-10-16(14)19/h3-10,13H,11H2,1-2H3,(H,18,20). The second kappa shape index (κ2) is 5.25. The van der Waals surface area contributed by atoms with Crippen LogP contribution < -0.4 is 10.2 Å². The van der Waals surface area contributed by atoms with E-state index in [0.717, 1.165) is 17.2 Å². The van der Waals surface area contributed by atoms with Gasteiger partial charge in [0.05, 0.1) is 0 Å². The lowest BCUT2D eigenvalue weighted by Crippen LogP contribution is -2.38. The first-order chi connectivity index (χ1) is 9.66. The van der Waals surface area contributed by atoms with Crippen molar-refractivity contribution in [1.29, 1.82) is 0 Å². The lowest BCUT2D eigenvalue weighted by atomic mass is 10.1. The van der Waals surface area contributed by atoms with Crippen molar-refractivity contribution in [2.75, 3.05) is 10.2 Å². The molecule has 0 saturated heterocycles. The smallest absolute Gasteiger partial charge is 0.178 e. The fourth-order valence-electron chi connectivity index (χ4n) is 2.76. The molecule has 1 aliphatic rings. The van der Waals surface area contributed by atoms with E-state index in [1.807, 2.05) is 12.1 Å². The molecule has 0 aromatic heterocycles. The summed E-state index contributed by atoms with van der Waals surface area (Å²) in [6, 6.07) is 17.1. The second-order valence-electron chi connectivity index (χ2n) is 5.30. The Bertz CT molecular complexity index is 651. The van der Waals surface area contributed by atoms with E-state index in [4.69, 9.17) is 12.2 Å². The van der Waals surface area contributed by atoms with Crippen molar-refractivity contribution in [3.8, 4) is 0 Å². The van der Waals surface area contributed by atoms with Crippen molar-refractivity contribution in [2.45, 2.75) is 26.3 Å². The minimum Gasteiger partial charge on any atom is -0.332 e. The first-order valence-corrected chi connectivity index (χ1v) is 7.31. The number of aryl methyl sites for hydroxylation is 1. The molecule has 0 amide bonds. The fourth-order valence-corrected chi connectivity index (χ4v) is 3.15. The van der Waals surface area contributed by atoms with E-state index in [1.54, 1.807) is 0 Å². The third kappa shape index (κ3) is 2.29. The number of thiocarbonyl (C=S) groups is 1. The van der Waals surface area contributed by atoms with Gasteiger partial charge in [-0.1, -0.05) is 36.4 Å². The molecule has 2 nitrogen and oxygen atoms in total. The number of rotatable bonds is 1. The van der Waals surface area contributed by atoms with Crippen LogP contribution in [-0.4, -0.2) is 11.2 Å². The average molecular weight is 282 g/mol. The molecule has 1 aliphatic heterocycles. The Morgan fingerprint density at radius 2 is 1.85 bits per heavy atom. The van der Waals surface area contributed by atoms with Crippen LogP contribution >= 0.6 is 12.2 Å². The summed E-state index contributed by atoms with van der Waals surface area (Å²) in [4.78, 5) is 2.22. The van der Waals surface area contributed by atoms with E-state index in [0.29, 0.717) is 6.04 Å². The number of fused-ring (bicyclic) bond motifs is 1. The summed E-state index contributed by atoms with van der Waals surface area (Å²) < 4.78 is 0. The molecular formula is C17H18N2S. The van der Waals surface area contributed by atoms with E-state index >= 15 is 0 Å². The Kier molecular flexibility index (Phi) is 3.45. The van der Waals surface area contributed by atoms with Gasteiger partial charge in [0.25, 0.3) is 0 Å². The normalized spacial score (nSPS) is 16.9. The SMILES string of the molecule is Cc1ccccc1NC(=S)N1c2ccccc2CC1C. The van der Waals surface area contributed by atoms with Gasteiger partial charge in [0.1, 0.15) is 0 Å². The molecule has 1 atom stereocenters. The lowest BCUT2D eigenvalue weighted by molar-refractivity contribution is 0.776. The maximum absolute atomic E-state index is 5.62. The van der Waals surface area contributed by atoms with Crippen LogP contribution in [0.1, 0.15) is 18.1 Å². The third-order valence-corrected chi connectivity index (χ3v) is 4.11. The van der Waals surface area contributed by atoms with Crippen LogP contribution in [-0.2, 0) is 6.42 Å². The number of anilines is 2. The summed E-state index contributed by atoms with van der Waals surface area (Å²) in [5.41, 5.74) is 4.88. The van der Waals surface area contributed by atoms with Gasteiger partial charge >= 0.3 is 0 Å². The zero-order valence-corrected chi connectivity index (χ0v) is 12.6. The largest absolute Gasteiger partial charge is 0.332 e. The van der Waals surface area contributed by atoms with Gasteiger partial charge in [-0.05, 0) is 55.7 Å². The van der Waals surface area contributed by atoms with Gasteiger partial charge < -0.3 is 10.2 Å². The molecule has 2 aromatic carbocycles. The molecule has 0 spiro atoms. The van der Waals surface area contributed by atoms with Gasteiger partial charge in [0.2, 0.25) is 0 Å². The number of benzene rings is 2. The van der Waals surface area contributed by atoms with E-state index in [1.165, 1.54) is 16.8 Å². The number of hydrogen-bond acceptors (Lipinski definition) is 1. The number of nitrogens with zero attached hydrogens (tertiary/aromatic N) is 1. The molecule has 0 saturated carbocycles. The van der Waals surface area contributed by atoms with E-state index < -0.39 is 0 Å². The predicted octanol–water partition coefficient (Wildman–Crippen LogP) is 4.14. The molecular weight excluding hydrogens is 264 g/mol. The number of nitrogens with one attached hydrogen (secondary N) is 1. The van der Waals surface area contributed by atoms with Crippen LogP contribution in [0.15, 0.2) is 48.5 Å². The quantitative estimate of drug-likeness (QED) is 0.791. The summed E-state index contributed by atoms with van der Waals surface area (Å²) in [6.07, 6.45) is 1.05. The highest BCUT2D eigenvalue weighted by Crippen LogP contribution is 2.32. The highest BCUT2D eigenvalue weighted by atomic mass is 32.1. The lowest BCUT2D eigenvalue weighted by Gasteiger charge is -2.26. The van der Waals surface area contributed by atoms with Gasteiger partial charge in [-0.15, -0.1) is 0 Å². The highest BCUT2D eigenvalue weighted by molar-refractivity contribution is 7.80. The van der Waals surface area contributed by atoms with Crippen molar-refractivity contribution in [1.82, 2.24) is 0 Å². The minimum absolute atomic E-state index is 0.399. The van der Waals surface area contributed by atoms with Crippen molar-refractivity contribution in [3.05, 3.63) is 59.7 Å². The van der Waals surface area contributed by atoms with E-state index in [9.17, 15) is 0 Å². The highest BCUT2D eigenvalue weighted by Gasteiger charge is 2.28. The summed E-state index contributed by atoms with van der Waals surface area (Å²) in [6.45, 7) is 4.30. The monoisotopic (exact) mass is 282 g/mol. The molecule has 0 aliphatic carbocycles. The zero-order chi connectivity index (χ0) is 14.1. The topological polar surface area (TPSA) is 15.3 Å². The molecule has 0 radical (unpaired) electrons. The molecule has 1 unspecified atom stereocenters. The Morgan fingerprint density at radius 1 is 1.15 bits per heavy atom. The predicted molar refractivity (Wildman–Crippen MR) is 89.5 cm³/mol. The maximum Gasteiger partial charge on any atom is 0.178 e. The van der Waals surface area contributed by atoms with Crippen LogP contribution in [0.2, 0.25) is 0 Å². The molecule has 0 bridgehead atoms. The average Bonchev–Trinajstić information content (AvgIpc) is 2.77. The van der Waals surface area contributed by atoms with Crippen molar-refractivity contribution < 1.29 is 0 Å². The summed E-state index contributed by atoms with van der Waals surface area (Å²) in [5, 5.41) is 4.16. The van der Waals surface area contributed by atoms with Crippen molar-refractivity contribution in [2.24, 2.45) is 0 Å². The Balaban J connectivity index is 1.86. The van der Waals surface area contributed by atoms with Gasteiger partial charge in [0.15, 0.2) is 5.11 Å². The Hall–Kier alpha value is -1.87. The first kappa shape index (κ1) is 13.1. The second-order valence-corrected chi connectivity index (χ2v) is 5.68. The first-order valence-electron chi connectivity index (χ1n) is 6.90. The zero-order valence-electron chi connectivity index (χ0n) is 11.8. The van der Waals surface area contributed by atoms with Crippen molar-refractivity contribution >= 4 is 28.7 Å². The number of hydrogen-bond donors (Lipinski definition) is 1. The van der Waals surface area contributed by atoms with Gasteiger partial charge in [0, 0.05) is 17.4 Å². The van der Waals surface area contributed by atoms with Crippen LogP contribution in [0.5, 0.6) is 0 Å². The fraction of sp³-hybridized carbons (Fsp3) is 0.235. The van der Waals surface area contributed by atoms with Gasteiger partial charge in [-0.3, -0.25) is 0 Å². The maximum atomic E-state index is 5.62. The van der Waals surface area contributed by atoms with Crippen LogP contribution in [0.3, 0.4) is 0 Å². The van der Waals surface area contributed by atoms with Crippen LogP contribution in [0, 0.1) is 6.92 Å². The minimum atomic E-state index is 0.399. The molecule has 2 aromatic rings. The molecule has 3 heteroatoms. The summed E-state index contributed by atoms with van der Waals surface area (Å²) >= 11 is 5.62. The third-order valence-electron chi connectivity index (χ3n) is 3.81. The van der Waals surface area contributed by atoms with E-state index in [-0.39, 0.29) is 0 Å². The van der Waals surface area contributed by atoms with Gasteiger partial charge in [-0.25, -0.2) is 0 Å². The van der Waals surface area contributed by atoms with Gasteiger partial charge in [-0.2, -0.15) is 0 Å². The molecule has 0 fully saturated rings. The van der Waals surface area contributed by atoms with E-state index in [2.05, 4.69) is 60.5 Å². The molecule has 1 heterocycles. The van der Waals surface area contributed by atoms with Crippen molar-refractivity contribution in [3.63, 3.8) is 0 Å². The molecule has 1 N–H and O–H groups in total. The Labute approximate surface area is 125 Å². The van der Waals surface area contributed by atoms with Crippen LogP contribution in [0.25, 0.3) is 0 Å². The summed E-state index contributed by atoms with van der Waals surface area (Å²) in [7, 11) is 0. The summed E-state index contributed by atoms with van der Waals surface area (Å²) in [5.74, 6) is 0. The van der Waals surface area contributed by atoms with Crippen LogP contribution in [0.4, 0.5) is 11.4 Å². The Morgan fingerprint density at radius 3 is 2.65 bits per heavy atom. The number of para-hydroxylation sites is 2. The molecule has 102 valence electrons.